The van der Waals surface area contributed by atoms with Crippen LogP contribution in [0.3, 0.4) is 0 Å². The molecule has 1 amide bonds. The van der Waals surface area contributed by atoms with Crippen molar-refractivity contribution in [2.75, 3.05) is 18.4 Å². The Hall–Kier alpha value is -2.41. The largest absolute Gasteiger partial charge is 0.412 e. The predicted octanol–water partition coefficient (Wildman–Crippen LogP) is 3.80. The number of aliphatic imine (C=N–C) groups is 1. The van der Waals surface area contributed by atoms with Gasteiger partial charge in [0, 0.05) is 17.8 Å². The van der Waals surface area contributed by atoms with Gasteiger partial charge in [-0.15, -0.1) is 0 Å². The molecule has 0 radical (unpaired) electrons. The van der Waals surface area contributed by atoms with E-state index in [1.807, 2.05) is 12.1 Å². The Kier molecular flexibility index (Phi) is 6.14. The number of nitrogens with zero attached hydrogens (tertiary/aromatic N) is 1. The first-order chi connectivity index (χ1) is 11.8. The van der Waals surface area contributed by atoms with Crippen LogP contribution in [0, 0.1) is 0 Å². The molecular weight excluding hydrogens is 331 g/mol. The van der Waals surface area contributed by atoms with E-state index < -0.39 is 17.7 Å². The summed E-state index contributed by atoms with van der Waals surface area (Å²) in [4.78, 5) is 15.6. The summed E-state index contributed by atoms with van der Waals surface area (Å²) in [5.41, 5.74) is 0.721. The summed E-state index contributed by atoms with van der Waals surface area (Å²) in [7, 11) is 0. The fourth-order valence-electron chi connectivity index (χ4n) is 2.47. The molecule has 0 spiro atoms. The third-order valence-corrected chi connectivity index (χ3v) is 4.04. The van der Waals surface area contributed by atoms with Crippen LogP contribution in [0.25, 0.3) is 0 Å². The Morgan fingerprint density at radius 2 is 2.00 bits per heavy atom. The highest BCUT2D eigenvalue weighted by Gasteiger charge is 2.29. The lowest BCUT2D eigenvalue weighted by Crippen LogP contribution is -2.14. The number of amides is 1. The molecule has 7 heteroatoms. The van der Waals surface area contributed by atoms with E-state index in [0.29, 0.717) is 11.6 Å². The summed E-state index contributed by atoms with van der Waals surface area (Å²) < 4.78 is 37.4. The summed E-state index contributed by atoms with van der Waals surface area (Å²) >= 11 is 0. The minimum Gasteiger partial charge on any atom is -0.321 e. The van der Waals surface area contributed by atoms with Gasteiger partial charge in [-0.25, -0.2) is 0 Å². The molecule has 1 saturated heterocycles. The van der Waals surface area contributed by atoms with Crippen LogP contribution in [0.1, 0.15) is 24.8 Å². The van der Waals surface area contributed by atoms with Gasteiger partial charge in [-0.1, -0.05) is 18.2 Å². The van der Waals surface area contributed by atoms with Crippen molar-refractivity contribution in [3.05, 3.63) is 53.3 Å². The zero-order chi connectivity index (χ0) is 18.4. The highest BCUT2D eigenvalue weighted by Crippen LogP contribution is 2.25. The molecule has 0 bridgehead atoms. The van der Waals surface area contributed by atoms with Crippen molar-refractivity contribution in [2.24, 2.45) is 4.99 Å². The Bertz CT molecular complexity index is 685. The molecular formula is C18H20F3N3O. The van der Waals surface area contributed by atoms with Crippen LogP contribution in [-0.2, 0) is 4.79 Å². The number of alkyl halides is 3. The van der Waals surface area contributed by atoms with E-state index in [9.17, 15) is 18.0 Å². The number of carbonyl (C=O) groups excluding carboxylic acids is 1. The van der Waals surface area contributed by atoms with Crippen LogP contribution < -0.4 is 10.6 Å². The molecule has 25 heavy (non-hydrogen) atoms. The second-order valence-electron chi connectivity index (χ2n) is 5.82. The van der Waals surface area contributed by atoms with E-state index in [1.165, 1.54) is 5.56 Å². The highest BCUT2D eigenvalue weighted by atomic mass is 19.4. The first-order valence-electron chi connectivity index (χ1n) is 7.86. The molecule has 1 aromatic rings. The smallest absolute Gasteiger partial charge is 0.321 e. The molecule has 1 aromatic carbocycles. The number of nitrogens with one attached hydrogen (secondary N) is 2. The van der Waals surface area contributed by atoms with Gasteiger partial charge in [-0.05, 0) is 56.3 Å². The highest BCUT2D eigenvalue weighted by molar-refractivity contribution is 6.04. The van der Waals surface area contributed by atoms with Crippen LogP contribution in [0.2, 0.25) is 0 Å². The van der Waals surface area contributed by atoms with Gasteiger partial charge in [-0.3, -0.25) is 9.79 Å². The third kappa shape index (κ3) is 5.29. The Morgan fingerprint density at radius 3 is 2.52 bits per heavy atom. The number of halogens is 3. The van der Waals surface area contributed by atoms with Crippen LogP contribution in [0.5, 0.6) is 0 Å². The van der Waals surface area contributed by atoms with Crippen molar-refractivity contribution in [3.8, 4) is 0 Å². The first kappa shape index (κ1) is 18.9. The fraction of sp³-hybridized carbons (Fsp3) is 0.333. The van der Waals surface area contributed by atoms with Gasteiger partial charge in [0.15, 0.2) is 0 Å². The van der Waals surface area contributed by atoms with Crippen molar-refractivity contribution >= 4 is 18.3 Å². The van der Waals surface area contributed by atoms with Crippen LogP contribution in [0.4, 0.5) is 18.9 Å². The zero-order valence-electron chi connectivity index (χ0n) is 13.9. The van der Waals surface area contributed by atoms with E-state index in [1.54, 1.807) is 12.1 Å². The molecule has 0 aromatic heterocycles. The van der Waals surface area contributed by atoms with Crippen LogP contribution >= 0.6 is 0 Å². The normalized spacial score (nSPS) is 19.0. The maximum atomic E-state index is 12.5. The number of rotatable bonds is 5. The molecule has 2 N–H and O–H groups in total. The SMILES string of the molecule is C=N/C(=C\C=C(/C)C(F)(F)F)C(=O)Nc1ccc(C2CCNC2)cc1. The predicted molar refractivity (Wildman–Crippen MR) is 92.7 cm³/mol. The molecule has 0 saturated carbocycles. The standard InChI is InChI=1S/C18H20F3N3O/c1-12(18(19,20)21)3-8-16(22-2)17(25)24-15-6-4-13(5-7-15)14-9-10-23-11-14/h3-8,14,23H,2,9-11H2,1H3,(H,24,25)/b12-3+,16-8-. The molecule has 1 aliphatic rings. The van der Waals surface area contributed by atoms with Gasteiger partial charge in [0.05, 0.1) is 0 Å². The summed E-state index contributed by atoms with van der Waals surface area (Å²) in [6.07, 6.45) is -1.56. The van der Waals surface area contributed by atoms with Crippen molar-refractivity contribution in [1.29, 1.82) is 0 Å². The summed E-state index contributed by atoms with van der Waals surface area (Å²) in [5.74, 6) is -0.151. The number of hydrogen-bond donors (Lipinski definition) is 2. The van der Waals surface area contributed by atoms with Crippen molar-refractivity contribution in [3.63, 3.8) is 0 Å². The molecule has 1 aliphatic heterocycles. The lowest BCUT2D eigenvalue weighted by atomic mass is 9.98. The quantitative estimate of drug-likeness (QED) is 0.482. The average molecular weight is 351 g/mol. The minimum atomic E-state index is -4.44. The van der Waals surface area contributed by atoms with Gasteiger partial charge < -0.3 is 10.6 Å². The van der Waals surface area contributed by atoms with Crippen molar-refractivity contribution in [1.82, 2.24) is 5.32 Å². The Labute approximate surface area is 144 Å². The Balaban J connectivity index is 2.05. The third-order valence-electron chi connectivity index (χ3n) is 4.04. The first-order valence-corrected chi connectivity index (χ1v) is 7.86. The average Bonchev–Trinajstić information content (AvgIpc) is 3.09. The number of benzene rings is 1. The Morgan fingerprint density at radius 1 is 1.32 bits per heavy atom. The fourth-order valence-corrected chi connectivity index (χ4v) is 2.47. The van der Waals surface area contributed by atoms with Gasteiger partial charge in [0.2, 0.25) is 0 Å². The monoisotopic (exact) mass is 351 g/mol. The van der Waals surface area contributed by atoms with Gasteiger partial charge in [-0.2, -0.15) is 13.2 Å². The van der Waals surface area contributed by atoms with E-state index in [-0.39, 0.29) is 5.70 Å². The van der Waals surface area contributed by atoms with Crippen LogP contribution in [0.15, 0.2) is 52.7 Å². The summed E-state index contributed by atoms with van der Waals surface area (Å²) in [6.45, 7) is 6.08. The van der Waals surface area contributed by atoms with Gasteiger partial charge in [0.25, 0.3) is 5.91 Å². The van der Waals surface area contributed by atoms with Gasteiger partial charge >= 0.3 is 6.18 Å². The maximum Gasteiger partial charge on any atom is 0.412 e. The van der Waals surface area contributed by atoms with Crippen molar-refractivity contribution in [2.45, 2.75) is 25.4 Å². The van der Waals surface area contributed by atoms with Crippen molar-refractivity contribution < 1.29 is 18.0 Å². The maximum absolute atomic E-state index is 12.5. The molecule has 1 fully saturated rings. The lowest BCUT2D eigenvalue weighted by molar-refractivity contribution is -0.112. The lowest BCUT2D eigenvalue weighted by Gasteiger charge is -2.10. The number of allylic oxidation sites excluding steroid dienone is 3. The molecule has 1 unspecified atom stereocenters. The molecule has 0 aliphatic carbocycles. The molecule has 4 nitrogen and oxygen atoms in total. The number of carbonyl (C=O) groups is 1. The van der Waals surface area contributed by atoms with Crippen LogP contribution in [-0.4, -0.2) is 31.9 Å². The molecule has 1 atom stereocenters. The van der Waals surface area contributed by atoms with E-state index in [4.69, 9.17) is 0 Å². The topological polar surface area (TPSA) is 53.5 Å². The summed E-state index contributed by atoms with van der Waals surface area (Å²) in [6, 6.07) is 7.41. The van der Waals surface area contributed by atoms with E-state index in [0.717, 1.165) is 38.6 Å². The number of anilines is 1. The van der Waals surface area contributed by atoms with E-state index >= 15 is 0 Å². The zero-order valence-corrected chi connectivity index (χ0v) is 13.9. The molecule has 134 valence electrons. The van der Waals surface area contributed by atoms with E-state index in [2.05, 4.69) is 22.3 Å². The summed E-state index contributed by atoms with van der Waals surface area (Å²) in [5, 5.41) is 5.90. The van der Waals surface area contributed by atoms with Gasteiger partial charge in [0.1, 0.15) is 5.70 Å². The minimum absolute atomic E-state index is 0.187. The number of hydrogen-bond acceptors (Lipinski definition) is 3. The second-order valence-corrected chi connectivity index (χ2v) is 5.82. The molecule has 2 rings (SSSR count). The second kappa shape index (κ2) is 8.11. The molecule has 1 heterocycles.